The van der Waals surface area contributed by atoms with Crippen LogP contribution in [0.1, 0.15) is 63.5 Å². The van der Waals surface area contributed by atoms with Crippen molar-refractivity contribution in [3.05, 3.63) is 23.3 Å². The highest BCUT2D eigenvalue weighted by Crippen LogP contribution is 2.15. The van der Waals surface area contributed by atoms with Crippen molar-refractivity contribution in [2.24, 2.45) is 0 Å². The highest BCUT2D eigenvalue weighted by Gasteiger charge is 2.33. The van der Waals surface area contributed by atoms with E-state index in [-0.39, 0.29) is 14.2 Å². The molecule has 0 aliphatic carbocycles. The molecule has 3 rings (SSSR count). The molecule has 2 aliphatic heterocycles. The van der Waals surface area contributed by atoms with Gasteiger partial charge in [0.05, 0.1) is 26.4 Å². The van der Waals surface area contributed by atoms with Gasteiger partial charge in [0.25, 0.3) is 0 Å². The lowest BCUT2D eigenvalue weighted by atomic mass is 9.67. The Morgan fingerprint density at radius 1 is 0.690 bits per heavy atom. The van der Waals surface area contributed by atoms with Crippen LogP contribution in [0.15, 0.2) is 12.1 Å². The lowest BCUT2D eigenvalue weighted by Crippen LogP contribution is -2.41. The van der Waals surface area contributed by atoms with Gasteiger partial charge in [-0.15, -0.1) is 0 Å². The van der Waals surface area contributed by atoms with Crippen molar-refractivity contribution in [3.63, 3.8) is 0 Å². The standard InChI is InChI=1S/C22H36B2O5/c1-3-5-6-7-9-19-17-22(24-28-15-16-29-24)20(10-8-12-25-11-4-2)18-21(19)23-26-13-14-27-23/h17-18H,3-16H2,1-2H3. The molecule has 7 heteroatoms. The fourth-order valence-electron chi connectivity index (χ4n) is 4.03. The third-order valence-electron chi connectivity index (χ3n) is 5.54. The van der Waals surface area contributed by atoms with Crippen LogP contribution in [0.4, 0.5) is 0 Å². The van der Waals surface area contributed by atoms with E-state index in [0.29, 0.717) is 26.4 Å². The molecular weight excluding hydrogens is 366 g/mol. The molecule has 2 fully saturated rings. The topological polar surface area (TPSA) is 46.2 Å². The molecule has 0 unspecified atom stereocenters. The van der Waals surface area contributed by atoms with Crippen LogP contribution < -0.4 is 10.9 Å². The number of hydrogen-bond donors (Lipinski definition) is 0. The Balaban J connectivity index is 1.80. The average molecular weight is 402 g/mol. The average Bonchev–Trinajstić information content (AvgIpc) is 3.45. The Morgan fingerprint density at radius 2 is 1.24 bits per heavy atom. The van der Waals surface area contributed by atoms with Gasteiger partial charge in [-0.25, -0.2) is 0 Å². The van der Waals surface area contributed by atoms with Crippen molar-refractivity contribution >= 4 is 25.2 Å². The molecule has 0 radical (unpaired) electrons. The van der Waals surface area contributed by atoms with Gasteiger partial charge in [-0.1, -0.05) is 45.2 Å². The second-order valence-electron chi connectivity index (χ2n) is 7.92. The fraction of sp³-hybridized carbons (Fsp3) is 0.727. The molecule has 0 atom stereocenters. The summed E-state index contributed by atoms with van der Waals surface area (Å²) in [4.78, 5) is 0. The summed E-state index contributed by atoms with van der Waals surface area (Å²) < 4.78 is 29.2. The minimum atomic E-state index is -0.254. The first-order valence-corrected chi connectivity index (χ1v) is 11.5. The Hall–Kier alpha value is -0.850. The third kappa shape index (κ3) is 6.83. The van der Waals surface area contributed by atoms with Crippen LogP contribution in [-0.2, 0) is 36.2 Å². The Labute approximate surface area is 177 Å². The van der Waals surface area contributed by atoms with E-state index in [9.17, 15) is 0 Å². The number of hydrogen-bond acceptors (Lipinski definition) is 5. The van der Waals surface area contributed by atoms with Gasteiger partial charge in [-0.2, -0.15) is 0 Å². The first-order valence-electron chi connectivity index (χ1n) is 11.5. The van der Waals surface area contributed by atoms with Crippen molar-refractivity contribution < 1.29 is 23.4 Å². The van der Waals surface area contributed by atoms with Gasteiger partial charge in [0, 0.05) is 13.2 Å². The summed E-state index contributed by atoms with van der Waals surface area (Å²) in [5.41, 5.74) is 4.94. The van der Waals surface area contributed by atoms with E-state index in [1.54, 1.807) is 0 Å². The van der Waals surface area contributed by atoms with Crippen molar-refractivity contribution in [1.29, 1.82) is 0 Å². The minimum absolute atomic E-state index is 0.245. The van der Waals surface area contributed by atoms with Crippen molar-refractivity contribution in [2.45, 2.75) is 65.2 Å². The predicted molar refractivity (Wildman–Crippen MR) is 118 cm³/mol. The molecule has 29 heavy (non-hydrogen) atoms. The van der Waals surface area contributed by atoms with E-state index in [2.05, 4.69) is 26.0 Å². The first-order chi connectivity index (χ1) is 14.3. The van der Waals surface area contributed by atoms with Gasteiger partial charge in [-0.3, -0.25) is 0 Å². The molecule has 2 saturated heterocycles. The van der Waals surface area contributed by atoms with Gasteiger partial charge in [0.1, 0.15) is 0 Å². The van der Waals surface area contributed by atoms with Gasteiger partial charge in [-0.05, 0) is 54.2 Å². The Kier molecular flexibility index (Phi) is 10.0. The first kappa shape index (κ1) is 22.8. The lowest BCUT2D eigenvalue weighted by Gasteiger charge is -2.19. The molecule has 0 N–H and O–H groups in total. The second kappa shape index (κ2) is 12.8. The number of aryl methyl sites for hydroxylation is 2. The van der Waals surface area contributed by atoms with E-state index in [1.165, 1.54) is 47.7 Å². The number of benzene rings is 1. The predicted octanol–water partition coefficient (Wildman–Crippen LogP) is 2.65. The van der Waals surface area contributed by atoms with Crippen molar-refractivity contribution in [2.75, 3.05) is 39.6 Å². The normalized spacial score (nSPS) is 16.9. The van der Waals surface area contributed by atoms with Crippen LogP contribution in [0, 0.1) is 0 Å². The molecule has 2 heterocycles. The van der Waals surface area contributed by atoms with Crippen LogP contribution >= 0.6 is 0 Å². The quantitative estimate of drug-likeness (QED) is 0.375. The fourth-order valence-corrected chi connectivity index (χ4v) is 4.03. The summed E-state index contributed by atoms with van der Waals surface area (Å²) in [7, 11) is -0.499. The molecule has 5 nitrogen and oxygen atoms in total. The van der Waals surface area contributed by atoms with Crippen LogP contribution in [-0.4, -0.2) is 53.9 Å². The summed E-state index contributed by atoms with van der Waals surface area (Å²) in [5.74, 6) is 0. The maximum Gasteiger partial charge on any atom is 0.494 e. The van der Waals surface area contributed by atoms with E-state index in [1.807, 2.05) is 0 Å². The maximum absolute atomic E-state index is 5.88. The van der Waals surface area contributed by atoms with Gasteiger partial charge in [0.15, 0.2) is 0 Å². The SMILES string of the molecule is CCCCCCc1cc(B2OCCO2)c(CCCOCCC)cc1B1OCCO1. The summed E-state index contributed by atoms with van der Waals surface area (Å²) in [5, 5.41) is 0. The molecule has 2 aliphatic rings. The molecule has 0 bridgehead atoms. The van der Waals surface area contributed by atoms with Crippen LogP contribution in [0.25, 0.3) is 0 Å². The van der Waals surface area contributed by atoms with Gasteiger partial charge >= 0.3 is 14.2 Å². The van der Waals surface area contributed by atoms with Crippen molar-refractivity contribution in [1.82, 2.24) is 0 Å². The monoisotopic (exact) mass is 402 g/mol. The van der Waals surface area contributed by atoms with E-state index < -0.39 is 0 Å². The van der Waals surface area contributed by atoms with Gasteiger partial charge < -0.3 is 23.4 Å². The highest BCUT2D eigenvalue weighted by atomic mass is 16.6. The zero-order valence-corrected chi connectivity index (χ0v) is 18.3. The molecule has 0 amide bonds. The Bertz CT molecular complexity index is 601. The molecule has 1 aromatic carbocycles. The van der Waals surface area contributed by atoms with E-state index in [0.717, 1.165) is 38.9 Å². The van der Waals surface area contributed by atoms with Crippen LogP contribution in [0.5, 0.6) is 0 Å². The van der Waals surface area contributed by atoms with E-state index in [4.69, 9.17) is 23.4 Å². The van der Waals surface area contributed by atoms with Crippen molar-refractivity contribution in [3.8, 4) is 0 Å². The molecular formula is C22H36B2O5. The van der Waals surface area contributed by atoms with Crippen LogP contribution in [0.3, 0.4) is 0 Å². The number of ether oxygens (including phenoxy) is 1. The number of unbranched alkanes of at least 4 members (excludes halogenated alkanes) is 3. The zero-order valence-electron chi connectivity index (χ0n) is 18.3. The van der Waals surface area contributed by atoms with E-state index >= 15 is 0 Å². The minimum Gasteiger partial charge on any atom is -0.405 e. The Morgan fingerprint density at radius 3 is 1.76 bits per heavy atom. The zero-order chi connectivity index (χ0) is 20.3. The molecule has 160 valence electrons. The largest absolute Gasteiger partial charge is 0.494 e. The summed E-state index contributed by atoms with van der Waals surface area (Å²) in [6.45, 7) is 8.64. The summed E-state index contributed by atoms with van der Waals surface area (Å²) in [6.07, 6.45) is 8.99. The molecule has 0 aromatic heterocycles. The molecule has 0 saturated carbocycles. The lowest BCUT2D eigenvalue weighted by molar-refractivity contribution is 0.132. The van der Waals surface area contributed by atoms with Crippen LogP contribution in [0.2, 0.25) is 0 Å². The maximum atomic E-state index is 5.88. The third-order valence-corrected chi connectivity index (χ3v) is 5.54. The smallest absolute Gasteiger partial charge is 0.405 e. The molecule has 0 spiro atoms. The summed E-state index contributed by atoms with van der Waals surface area (Å²) in [6, 6.07) is 4.58. The highest BCUT2D eigenvalue weighted by molar-refractivity contribution is 6.64. The number of rotatable bonds is 13. The summed E-state index contributed by atoms with van der Waals surface area (Å²) >= 11 is 0. The second-order valence-corrected chi connectivity index (χ2v) is 7.92. The molecule has 1 aromatic rings. The van der Waals surface area contributed by atoms with Gasteiger partial charge in [0.2, 0.25) is 0 Å².